The summed E-state index contributed by atoms with van der Waals surface area (Å²) in [5, 5.41) is 0. The molecule has 8 heteroatoms. The highest BCUT2D eigenvalue weighted by molar-refractivity contribution is 7.53. The molecule has 0 spiro atoms. The van der Waals surface area contributed by atoms with Crippen LogP contribution < -0.4 is 0 Å². The van der Waals surface area contributed by atoms with Crippen molar-refractivity contribution in [1.82, 2.24) is 0 Å². The fourth-order valence-electron chi connectivity index (χ4n) is 0.421. The van der Waals surface area contributed by atoms with Crippen LogP contribution in [-0.2, 0) is 13.6 Å². The Morgan fingerprint density at radius 3 is 1.62 bits per heavy atom. The van der Waals surface area contributed by atoms with Gasteiger partial charge < -0.3 is 9.05 Å². The van der Waals surface area contributed by atoms with Crippen LogP contribution in [-0.4, -0.2) is 29.6 Å². The van der Waals surface area contributed by atoms with Crippen LogP contribution in [0.1, 0.15) is 0 Å². The van der Waals surface area contributed by atoms with E-state index in [0.717, 1.165) is 0 Å². The van der Waals surface area contributed by atoms with E-state index in [0.29, 0.717) is 0 Å². The first-order valence-corrected chi connectivity index (χ1v) is 7.00. The second kappa shape index (κ2) is 6.73. The van der Waals surface area contributed by atoms with Gasteiger partial charge in [0.1, 0.15) is 9.67 Å². The highest BCUT2D eigenvalue weighted by atomic mass is 35.5. The lowest BCUT2D eigenvalue weighted by molar-refractivity contribution is 0.221. The van der Waals surface area contributed by atoms with Crippen molar-refractivity contribution in [2.75, 3.05) is 19.9 Å². The molecule has 0 heterocycles. The van der Waals surface area contributed by atoms with Crippen LogP contribution in [0.5, 0.6) is 0 Å². The van der Waals surface area contributed by atoms with Gasteiger partial charge in [0.2, 0.25) is 0 Å². The average molecular weight is 290 g/mol. The average Bonchev–Trinajstić information content (AvgIpc) is 1.98. The van der Waals surface area contributed by atoms with Gasteiger partial charge in [0.05, 0.1) is 13.2 Å². The third-order valence-electron chi connectivity index (χ3n) is 0.870. The molecule has 13 heavy (non-hydrogen) atoms. The molecule has 0 aliphatic rings. The van der Waals surface area contributed by atoms with Gasteiger partial charge in [-0.25, -0.2) is 0 Å². The first-order chi connectivity index (χ1) is 5.83. The first kappa shape index (κ1) is 14.3. The number of rotatable bonds is 6. The predicted molar refractivity (Wildman–Crippen MR) is 56.4 cm³/mol. The normalized spacial score (nSPS) is 12.8. The molecule has 0 aliphatic carbocycles. The van der Waals surface area contributed by atoms with Gasteiger partial charge in [0.15, 0.2) is 0 Å². The minimum absolute atomic E-state index is 0.0634. The summed E-state index contributed by atoms with van der Waals surface area (Å²) in [6, 6.07) is 0. The lowest BCUT2D eigenvalue weighted by atomic mass is 10.9. The third kappa shape index (κ3) is 9.61. The van der Waals surface area contributed by atoms with E-state index in [1.54, 1.807) is 0 Å². The van der Waals surface area contributed by atoms with E-state index in [9.17, 15) is 4.57 Å². The molecule has 0 fully saturated rings. The predicted octanol–water partition coefficient (Wildman–Crippen LogP) is 3.45. The molecule has 0 atom stereocenters. The van der Waals surface area contributed by atoms with Crippen molar-refractivity contribution in [1.29, 1.82) is 0 Å². The Morgan fingerprint density at radius 1 is 1.08 bits per heavy atom. The summed E-state index contributed by atoms with van der Waals surface area (Å²) in [5.74, 6) is 0. The van der Waals surface area contributed by atoms with Crippen LogP contribution in [0.15, 0.2) is 0 Å². The lowest BCUT2D eigenvalue weighted by Gasteiger charge is -2.14. The van der Waals surface area contributed by atoms with Crippen LogP contribution in [0.4, 0.5) is 0 Å². The van der Waals surface area contributed by atoms with Crippen LogP contribution >= 0.6 is 54.0 Å². The minimum Gasteiger partial charge on any atom is -0.306 e. The molecule has 0 N–H and O–H groups in total. The van der Waals surface area contributed by atoms with Gasteiger partial charge in [0.25, 0.3) is 0 Å². The molecule has 0 bridgehead atoms. The first-order valence-electron chi connectivity index (χ1n) is 3.26. The summed E-state index contributed by atoms with van der Waals surface area (Å²) < 4.78 is 20.9. The Kier molecular flexibility index (Phi) is 7.41. The molecular formula is C5H9Cl4O3P. The summed E-state index contributed by atoms with van der Waals surface area (Å²) in [6.45, 7) is 1.16. The summed E-state index contributed by atoms with van der Waals surface area (Å²) in [5.41, 5.74) is 0. The Morgan fingerprint density at radius 2 is 1.38 bits per heavy atom. The van der Waals surface area contributed by atoms with Gasteiger partial charge in [-0.15, -0.1) is 46.4 Å². The fourth-order valence-corrected chi connectivity index (χ4v) is 1.94. The minimum atomic E-state index is -3.14. The summed E-state index contributed by atoms with van der Waals surface area (Å²) in [4.78, 5) is -1.47. The van der Waals surface area contributed by atoms with Crippen molar-refractivity contribution < 1.29 is 13.6 Å². The highest BCUT2D eigenvalue weighted by Gasteiger charge is 2.19. The quantitative estimate of drug-likeness (QED) is 0.555. The zero-order valence-electron chi connectivity index (χ0n) is 6.75. The molecule has 0 aliphatic heterocycles. The SMILES string of the molecule is CP(=O)(OCC(Cl)Cl)OCC(Cl)Cl. The molecule has 0 aromatic heterocycles. The molecule has 0 radical (unpaired) electrons. The highest BCUT2D eigenvalue weighted by Crippen LogP contribution is 2.44. The number of halogens is 4. The molecule has 0 rings (SSSR count). The van der Waals surface area contributed by atoms with Gasteiger partial charge >= 0.3 is 7.60 Å². The standard InChI is InChI=1S/C5H9Cl4O3P/c1-13(10,11-2-4(6)7)12-3-5(8)9/h4-5H,2-3H2,1H3. The third-order valence-corrected chi connectivity index (χ3v) is 2.61. The number of alkyl halides is 4. The van der Waals surface area contributed by atoms with E-state index in [-0.39, 0.29) is 13.2 Å². The van der Waals surface area contributed by atoms with Gasteiger partial charge in [0, 0.05) is 6.66 Å². The zero-order valence-corrected chi connectivity index (χ0v) is 10.7. The molecule has 0 saturated heterocycles. The van der Waals surface area contributed by atoms with E-state index in [2.05, 4.69) is 0 Å². The molecule has 0 aromatic carbocycles. The number of hydrogen-bond donors (Lipinski definition) is 0. The van der Waals surface area contributed by atoms with Crippen LogP contribution in [0.3, 0.4) is 0 Å². The Hall–Kier alpha value is 1.31. The molecule has 3 nitrogen and oxygen atoms in total. The maximum atomic E-state index is 11.3. The van der Waals surface area contributed by atoms with Crippen molar-refractivity contribution in [3.8, 4) is 0 Å². The van der Waals surface area contributed by atoms with Crippen molar-refractivity contribution in [3.63, 3.8) is 0 Å². The van der Waals surface area contributed by atoms with Crippen LogP contribution in [0.2, 0.25) is 0 Å². The molecule has 0 saturated carbocycles. The van der Waals surface area contributed by atoms with Crippen LogP contribution in [0, 0.1) is 0 Å². The maximum absolute atomic E-state index is 11.3. The van der Waals surface area contributed by atoms with Gasteiger partial charge in [-0.3, -0.25) is 4.57 Å². The largest absolute Gasteiger partial charge is 0.327 e. The topological polar surface area (TPSA) is 35.5 Å². The van der Waals surface area contributed by atoms with Crippen molar-refractivity contribution in [2.45, 2.75) is 9.67 Å². The fraction of sp³-hybridized carbons (Fsp3) is 1.00. The van der Waals surface area contributed by atoms with Crippen LogP contribution in [0.25, 0.3) is 0 Å². The van der Waals surface area contributed by atoms with E-state index >= 15 is 0 Å². The Labute approximate surface area is 97.1 Å². The maximum Gasteiger partial charge on any atom is 0.327 e. The molecular weight excluding hydrogens is 281 g/mol. The Bertz CT molecular complexity index is 171. The second-order valence-corrected chi connectivity index (χ2v) is 6.76. The monoisotopic (exact) mass is 288 g/mol. The second-order valence-electron chi connectivity index (χ2n) is 2.15. The van der Waals surface area contributed by atoms with Gasteiger partial charge in [-0.1, -0.05) is 0 Å². The van der Waals surface area contributed by atoms with E-state index < -0.39 is 17.3 Å². The molecule has 0 unspecified atom stereocenters. The van der Waals surface area contributed by atoms with Crippen molar-refractivity contribution >= 4 is 54.0 Å². The smallest absolute Gasteiger partial charge is 0.306 e. The van der Waals surface area contributed by atoms with Crippen molar-refractivity contribution in [3.05, 3.63) is 0 Å². The van der Waals surface area contributed by atoms with Gasteiger partial charge in [-0.05, 0) is 0 Å². The summed E-state index contributed by atoms with van der Waals surface area (Å²) in [7, 11) is -3.14. The van der Waals surface area contributed by atoms with E-state index in [1.165, 1.54) is 6.66 Å². The lowest BCUT2D eigenvalue weighted by Crippen LogP contribution is -2.05. The van der Waals surface area contributed by atoms with E-state index in [1.807, 2.05) is 0 Å². The van der Waals surface area contributed by atoms with Crippen molar-refractivity contribution in [2.24, 2.45) is 0 Å². The molecule has 80 valence electrons. The number of hydrogen-bond acceptors (Lipinski definition) is 3. The Balaban J connectivity index is 3.74. The van der Waals surface area contributed by atoms with Gasteiger partial charge in [-0.2, -0.15) is 0 Å². The molecule has 0 aromatic rings. The molecule has 0 amide bonds. The van der Waals surface area contributed by atoms with E-state index in [4.69, 9.17) is 55.5 Å². The summed E-state index contributed by atoms with van der Waals surface area (Å²) >= 11 is 21.4. The summed E-state index contributed by atoms with van der Waals surface area (Å²) in [6.07, 6.45) is 0. The zero-order chi connectivity index (χ0) is 10.5.